The predicted octanol–water partition coefficient (Wildman–Crippen LogP) is 3.96. The Morgan fingerprint density at radius 3 is 2.43 bits per heavy atom. The van der Waals surface area contributed by atoms with Crippen LogP contribution in [-0.4, -0.2) is 41.9 Å². The molecule has 6 nitrogen and oxygen atoms in total. The number of benzene rings is 2. The van der Waals surface area contributed by atoms with Gasteiger partial charge in [0.15, 0.2) is 11.5 Å². The number of halogens is 2. The molecular formula is C22H23F2N3O3. The summed E-state index contributed by atoms with van der Waals surface area (Å²) in [5.41, 5.74) is 2.26. The van der Waals surface area contributed by atoms with Crippen LogP contribution in [0.5, 0.6) is 11.5 Å². The first kappa shape index (κ1) is 21.3. The second kappa shape index (κ2) is 8.52. The second-order valence-electron chi connectivity index (χ2n) is 6.98. The third-order valence-corrected chi connectivity index (χ3v) is 4.84. The fourth-order valence-electron chi connectivity index (χ4n) is 3.25. The van der Waals surface area contributed by atoms with Gasteiger partial charge in [0.25, 0.3) is 5.91 Å². The highest BCUT2D eigenvalue weighted by Crippen LogP contribution is 2.31. The first-order valence-corrected chi connectivity index (χ1v) is 9.21. The van der Waals surface area contributed by atoms with Crippen molar-refractivity contribution in [2.24, 2.45) is 7.05 Å². The zero-order chi connectivity index (χ0) is 22.0. The van der Waals surface area contributed by atoms with Crippen molar-refractivity contribution in [1.82, 2.24) is 14.7 Å². The molecular weight excluding hydrogens is 392 g/mol. The van der Waals surface area contributed by atoms with Crippen LogP contribution in [0.2, 0.25) is 0 Å². The highest BCUT2D eigenvalue weighted by Gasteiger charge is 2.23. The average Bonchev–Trinajstić information content (AvgIpc) is 3.09. The lowest BCUT2D eigenvalue weighted by Gasteiger charge is -2.20. The van der Waals surface area contributed by atoms with Gasteiger partial charge in [-0.25, -0.2) is 8.78 Å². The van der Waals surface area contributed by atoms with Crippen molar-refractivity contribution in [2.45, 2.75) is 13.5 Å². The van der Waals surface area contributed by atoms with Crippen LogP contribution in [0.4, 0.5) is 8.78 Å². The summed E-state index contributed by atoms with van der Waals surface area (Å²) >= 11 is 0. The van der Waals surface area contributed by atoms with Gasteiger partial charge >= 0.3 is 0 Å². The minimum absolute atomic E-state index is 0.0658. The van der Waals surface area contributed by atoms with E-state index in [9.17, 15) is 13.6 Å². The van der Waals surface area contributed by atoms with E-state index in [1.54, 1.807) is 28.3 Å². The molecule has 0 aliphatic rings. The molecule has 0 N–H and O–H groups in total. The molecule has 0 fully saturated rings. The van der Waals surface area contributed by atoms with E-state index >= 15 is 0 Å². The van der Waals surface area contributed by atoms with E-state index in [-0.39, 0.29) is 22.7 Å². The summed E-state index contributed by atoms with van der Waals surface area (Å²) in [6.07, 6.45) is 1.53. The van der Waals surface area contributed by atoms with E-state index in [2.05, 4.69) is 5.10 Å². The van der Waals surface area contributed by atoms with Crippen LogP contribution in [0.25, 0.3) is 11.3 Å². The third kappa shape index (κ3) is 4.12. The van der Waals surface area contributed by atoms with E-state index in [4.69, 9.17) is 9.47 Å². The molecule has 0 bridgehead atoms. The summed E-state index contributed by atoms with van der Waals surface area (Å²) in [5.74, 6) is -0.637. The number of ether oxygens (including phenoxy) is 2. The Balaban J connectivity index is 1.93. The Bertz CT molecular complexity index is 1100. The van der Waals surface area contributed by atoms with E-state index < -0.39 is 11.6 Å². The van der Waals surface area contributed by atoms with Gasteiger partial charge in [-0.05, 0) is 42.3 Å². The monoisotopic (exact) mass is 415 g/mol. The zero-order valence-electron chi connectivity index (χ0n) is 17.5. The number of carbonyl (C=O) groups is 1. The number of hydrogen-bond donors (Lipinski definition) is 0. The molecule has 3 rings (SSSR count). The number of amides is 1. The molecule has 0 saturated heterocycles. The highest BCUT2D eigenvalue weighted by atomic mass is 19.1. The van der Waals surface area contributed by atoms with Gasteiger partial charge < -0.3 is 14.4 Å². The van der Waals surface area contributed by atoms with Crippen molar-refractivity contribution in [2.75, 3.05) is 21.3 Å². The van der Waals surface area contributed by atoms with E-state index in [1.807, 2.05) is 19.1 Å². The summed E-state index contributed by atoms with van der Waals surface area (Å²) in [6, 6.07) is 6.85. The first-order valence-electron chi connectivity index (χ1n) is 9.21. The summed E-state index contributed by atoms with van der Waals surface area (Å²) < 4.78 is 39.7. The molecule has 1 aromatic heterocycles. The molecule has 0 radical (unpaired) electrons. The molecule has 0 saturated carbocycles. The fourth-order valence-corrected chi connectivity index (χ4v) is 3.25. The molecule has 3 aromatic rings. The Labute approximate surface area is 173 Å². The Morgan fingerprint density at radius 2 is 1.80 bits per heavy atom. The third-order valence-electron chi connectivity index (χ3n) is 4.84. The van der Waals surface area contributed by atoms with Gasteiger partial charge in [-0.2, -0.15) is 5.10 Å². The van der Waals surface area contributed by atoms with E-state index in [0.29, 0.717) is 18.0 Å². The Hall–Kier alpha value is -3.42. The summed E-state index contributed by atoms with van der Waals surface area (Å²) in [7, 11) is 6.40. The lowest BCUT2D eigenvalue weighted by atomic mass is 10.0. The molecule has 8 heteroatoms. The van der Waals surface area contributed by atoms with Crippen molar-refractivity contribution in [3.63, 3.8) is 0 Å². The minimum Gasteiger partial charge on any atom is -0.493 e. The maximum atomic E-state index is 14.3. The average molecular weight is 415 g/mol. The highest BCUT2D eigenvalue weighted by molar-refractivity contribution is 5.99. The van der Waals surface area contributed by atoms with Crippen LogP contribution in [0.3, 0.4) is 0 Å². The van der Waals surface area contributed by atoms with Gasteiger partial charge in [0.2, 0.25) is 0 Å². The number of methoxy groups -OCH3 is 2. The number of rotatable bonds is 6. The quantitative estimate of drug-likeness (QED) is 0.612. The van der Waals surface area contributed by atoms with Gasteiger partial charge in [-0.1, -0.05) is 0 Å². The number of nitrogens with zero attached hydrogens (tertiary/aromatic N) is 3. The van der Waals surface area contributed by atoms with E-state index in [0.717, 1.165) is 23.3 Å². The Kier molecular flexibility index (Phi) is 6.05. The van der Waals surface area contributed by atoms with Crippen LogP contribution in [-0.2, 0) is 13.6 Å². The lowest BCUT2D eigenvalue weighted by Crippen LogP contribution is -2.26. The Morgan fingerprint density at radius 1 is 1.13 bits per heavy atom. The molecule has 30 heavy (non-hydrogen) atoms. The predicted molar refractivity (Wildman–Crippen MR) is 109 cm³/mol. The number of hydrogen-bond acceptors (Lipinski definition) is 4. The molecule has 0 aliphatic heterocycles. The largest absolute Gasteiger partial charge is 0.493 e. The fraction of sp³-hybridized carbons (Fsp3) is 0.273. The van der Waals surface area contributed by atoms with Crippen LogP contribution in [0.1, 0.15) is 21.5 Å². The van der Waals surface area contributed by atoms with Crippen LogP contribution in [0.15, 0.2) is 36.5 Å². The van der Waals surface area contributed by atoms with Crippen molar-refractivity contribution in [1.29, 1.82) is 0 Å². The summed E-state index contributed by atoms with van der Waals surface area (Å²) in [6.45, 7) is 2.21. The maximum Gasteiger partial charge on any atom is 0.257 e. The second-order valence-corrected chi connectivity index (χ2v) is 6.98. The van der Waals surface area contributed by atoms with E-state index in [1.165, 1.54) is 21.8 Å². The molecule has 1 amide bonds. The van der Waals surface area contributed by atoms with Crippen LogP contribution >= 0.6 is 0 Å². The summed E-state index contributed by atoms with van der Waals surface area (Å²) in [5, 5.41) is 4.22. The maximum absolute atomic E-state index is 14.3. The van der Waals surface area contributed by atoms with Gasteiger partial charge in [0.05, 0.1) is 19.8 Å². The minimum atomic E-state index is -0.777. The van der Waals surface area contributed by atoms with Crippen molar-refractivity contribution in [3.05, 3.63) is 64.9 Å². The number of aryl methyl sites for hydroxylation is 2. The molecule has 0 aliphatic carbocycles. The molecule has 158 valence electrons. The zero-order valence-corrected chi connectivity index (χ0v) is 17.5. The smallest absolute Gasteiger partial charge is 0.257 e. The molecule has 0 unspecified atom stereocenters. The van der Waals surface area contributed by atoms with Crippen LogP contribution in [0, 0.1) is 18.6 Å². The van der Waals surface area contributed by atoms with Crippen molar-refractivity contribution < 1.29 is 23.0 Å². The van der Waals surface area contributed by atoms with Crippen LogP contribution < -0.4 is 9.47 Å². The van der Waals surface area contributed by atoms with Gasteiger partial charge in [-0.15, -0.1) is 0 Å². The number of aromatic nitrogens is 2. The van der Waals surface area contributed by atoms with Gasteiger partial charge in [0.1, 0.15) is 17.3 Å². The standard InChI is InChI=1S/C22H23F2N3O3/c1-13-8-19(29-4)20(30-5)9-14(13)11-26(2)22(28)17-12-27(3)25-21(17)16-7-6-15(23)10-18(16)24/h6-10,12H,11H2,1-5H3. The first-order chi connectivity index (χ1) is 14.2. The van der Waals surface area contributed by atoms with Crippen molar-refractivity contribution in [3.8, 4) is 22.8 Å². The topological polar surface area (TPSA) is 56.6 Å². The molecule has 0 atom stereocenters. The normalized spacial score (nSPS) is 10.8. The lowest BCUT2D eigenvalue weighted by molar-refractivity contribution is 0.0785. The number of carbonyl (C=O) groups excluding carboxylic acids is 1. The van der Waals surface area contributed by atoms with Crippen molar-refractivity contribution >= 4 is 5.91 Å². The van der Waals surface area contributed by atoms with Gasteiger partial charge in [-0.3, -0.25) is 9.48 Å². The van der Waals surface area contributed by atoms with Gasteiger partial charge in [0, 0.05) is 38.5 Å². The molecule has 0 spiro atoms. The SMILES string of the molecule is COc1cc(C)c(CN(C)C(=O)c2cn(C)nc2-c2ccc(F)cc2F)cc1OC. The molecule has 1 heterocycles. The summed E-state index contributed by atoms with van der Waals surface area (Å²) in [4.78, 5) is 14.7. The molecule has 2 aromatic carbocycles.